The Labute approximate surface area is 103 Å². The third kappa shape index (κ3) is 3.86. The Morgan fingerprint density at radius 3 is 2.29 bits per heavy atom. The van der Waals surface area contributed by atoms with Gasteiger partial charge in [-0.15, -0.1) is 0 Å². The van der Waals surface area contributed by atoms with Crippen LogP contribution in [0.1, 0.15) is 32.4 Å². The second-order valence-corrected chi connectivity index (χ2v) is 4.58. The third-order valence-electron chi connectivity index (χ3n) is 2.92. The summed E-state index contributed by atoms with van der Waals surface area (Å²) in [6.07, 6.45) is -0.225. The molecule has 3 heteroatoms. The summed E-state index contributed by atoms with van der Waals surface area (Å²) in [5, 5.41) is 0. The molecule has 0 aliphatic rings. The highest BCUT2D eigenvalue weighted by Gasteiger charge is 2.24. The van der Waals surface area contributed by atoms with E-state index < -0.39 is 0 Å². The second-order valence-electron chi connectivity index (χ2n) is 4.58. The van der Waals surface area contributed by atoms with Crippen LogP contribution in [0, 0.1) is 11.8 Å². The predicted molar refractivity (Wildman–Crippen MR) is 68.3 cm³/mol. The molecule has 2 atom stereocenters. The van der Waals surface area contributed by atoms with E-state index in [2.05, 4.69) is 0 Å². The largest absolute Gasteiger partial charge is 0.458 e. The Morgan fingerprint density at radius 1 is 1.24 bits per heavy atom. The van der Waals surface area contributed by atoms with Crippen LogP contribution in [0.5, 0.6) is 0 Å². The number of benzene rings is 1. The molecule has 2 N–H and O–H groups in total. The molecule has 0 spiro atoms. The number of carbonyl (C=O) groups is 1. The fourth-order valence-corrected chi connectivity index (χ4v) is 1.69. The quantitative estimate of drug-likeness (QED) is 0.798. The minimum absolute atomic E-state index is 0.204. The lowest BCUT2D eigenvalue weighted by molar-refractivity contribution is -0.154. The Balaban J connectivity index is 2.63. The van der Waals surface area contributed by atoms with Gasteiger partial charge in [-0.2, -0.15) is 0 Å². The number of nitrogens with two attached hydrogens (primary N) is 1. The average molecular weight is 235 g/mol. The summed E-state index contributed by atoms with van der Waals surface area (Å²) in [5.41, 5.74) is 6.59. The smallest absolute Gasteiger partial charge is 0.311 e. The van der Waals surface area contributed by atoms with Crippen LogP contribution in [0.15, 0.2) is 30.3 Å². The predicted octanol–water partition coefficient (Wildman–Crippen LogP) is 2.52. The monoisotopic (exact) mass is 235 g/mol. The number of carbonyl (C=O) groups excluding carboxylic acids is 1. The van der Waals surface area contributed by atoms with E-state index in [0.717, 1.165) is 5.56 Å². The summed E-state index contributed by atoms with van der Waals surface area (Å²) in [5.74, 6) is -0.226. The van der Waals surface area contributed by atoms with E-state index in [1.54, 1.807) is 0 Å². The van der Waals surface area contributed by atoms with Crippen molar-refractivity contribution in [3.8, 4) is 0 Å². The lowest BCUT2D eigenvalue weighted by Gasteiger charge is -2.20. The van der Waals surface area contributed by atoms with Crippen molar-refractivity contribution in [3.05, 3.63) is 35.9 Å². The summed E-state index contributed by atoms with van der Waals surface area (Å²) >= 11 is 0. The first-order valence-corrected chi connectivity index (χ1v) is 6.01. The van der Waals surface area contributed by atoms with Gasteiger partial charge in [-0.1, -0.05) is 44.2 Å². The Hall–Kier alpha value is -1.35. The zero-order valence-corrected chi connectivity index (χ0v) is 10.7. The third-order valence-corrected chi connectivity index (χ3v) is 2.92. The summed E-state index contributed by atoms with van der Waals surface area (Å²) in [7, 11) is 0. The van der Waals surface area contributed by atoms with Gasteiger partial charge in [0.2, 0.25) is 0 Å². The van der Waals surface area contributed by atoms with Gasteiger partial charge in [0, 0.05) is 6.54 Å². The van der Waals surface area contributed by atoms with Gasteiger partial charge in [0.25, 0.3) is 0 Å². The summed E-state index contributed by atoms with van der Waals surface area (Å²) in [4.78, 5) is 11.9. The molecule has 0 amide bonds. The molecule has 2 unspecified atom stereocenters. The SMILES string of the molecule is CC(OC(=O)C(CN)C(C)C)c1ccccc1. The van der Waals surface area contributed by atoms with Crippen LogP contribution in [-0.2, 0) is 9.53 Å². The van der Waals surface area contributed by atoms with Crippen LogP contribution in [0.3, 0.4) is 0 Å². The fraction of sp³-hybridized carbons (Fsp3) is 0.500. The average Bonchev–Trinajstić information content (AvgIpc) is 2.30. The van der Waals surface area contributed by atoms with Crippen molar-refractivity contribution in [2.45, 2.75) is 26.9 Å². The second kappa shape index (κ2) is 6.40. The highest BCUT2D eigenvalue weighted by Crippen LogP contribution is 2.20. The molecule has 0 saturated heterocycles. The van der Waals surface area contributed by atoms with Crippen molar-refractivity contribution >= 4 is 5.97 Å². The normalized spacial score (nSPS) is 14.4. The highest BCUT2D eigenvalue weighted by atomic mass is 16.5. The van der Waals surface area contributed by atoms with Gasteiger partial charge in [0.15, 0.2) is 0 Å². The van der Waals surface area contributed by atoms with Gasteiger partial charge in [-0.25, -0.2) is 0 Å². The van der Waals surface area contributed by atoms with Crippen molar-refractivity contribution in [1.29, 1.82) is 0 Å². The van der Waals surface area contributed by atoms with Gasteiger partial charge in [-0.3, -0.25) is 4.79 Å². The van der Waals surface area contributed by atoms with E-state index >= 15 is 0 Å². The Bertz CT molecular complexity index is 348. The molecular weight excluding hydrogens is 214 g/mol. The minimum Gasteiger partial charge on any atom is -0.458 e. The first-order chi connectivity index (χ1) is 8.06. The van der Waals surface area contributed by atoms with E-state index in [0.29, 0.717) is 6.54 Å². The maximum absolute atomic E-state index is 11.9. The molecule has 1 rings (SSSR count). The van der Waals surface area contributed by atoms with Crippen LogP contribution >= 0.6 is 0 Å². The van der Waals surface area contributed by atoms with Gasteiger partial charge < -0.3 is 10.5 Å². The molecule has 0 heterocycles. The Morgan fingerprint density at radius 2 is 1.82 bits per heavy atom. The maximum atomic E-state index is 11.9. The van der Waals surface area contributed by atoms with Crippen LogP contribution < -0.4 is 5.73 Å². The van der Waals surface area contributed by atoms with Crippen molar-refractivity contribution in [1.82, 2.24) is 0 Å². The minimum atomic E-state index is -0.225. The number of hydrogen-bond acceptors (Lipinski definition) is 3. The summed E-state index contributed by atoms with van der Waals surface area (Å²) in [6, 6.07) is 9.70. The lowest BCUT2D eigenvalue weighted by atomic mass is 9.96. The van der Waals surface area contributed by atoms with Crippen molar-refractivity contribution in [2.75, 3.05) is 6.54 Å². The van der Waals surface area contributed by atoms with Gasteiger partial charge in [0.1, 0.15) is 6.10 Å². The summed E-state index contributed by atoms with van der Waals surface area (Å²) < 4.78 is 5.43. The lowest BCUT2D eigenvalue weighted by Crippen LogP contribution is -2.30. The van der Waals surface area contributed by atoms with Crippen molar-refractivity contribution < 1.29 is 9.53 Å². The molecule has 3 nitrogen and oxygen atoms in total. The van der Waals surface area contributed by atoms with E-state index in [9.17, 15) is 4.79 Å². The van der Waals surface area contributed by atoms with E-state index in [-0.39, 0.29) is 23.9 Å². The molecule has 1 aromatic rings. The van der Waals surface area contributed by atoms with E-state index in [1.807, 2.05) is 51.1 Å². The van der Waals surface area contributed by atoms with Crippen molar-refractivity contribution in [3.63, 3.8) is 0 Å². The molecule has 17 heavy (non-hydrogen) atoms. The number of hydrogen-bond donors (Lipinski definition) is 1. The first-order valence-electron chi connectivity index (χ1n) is 6.01. The van der Waals surface area contributed by atoms with Crippen LogP contribution in [0.25, 0.3) is 0 Å². The Kier molecular flexibility index (Phi) is 5.16. The zero-order valence-electron chi connectivity index (χ0n) is 10.7. The molecule has 0 fully saturated rings. The van der Waals surface area contributed by atoms with Gasteiger partial charge in [0.05, 0.1) is 5.92 Å². The molecule has 0 aromatic heterocycles. The molecule has 0 saturated carbocycles. The number of rotatable bonds is 5. The van der Waals surface area contributed by atoms with Gasteiger partial charge >= 0.3 is 5.97 Å². The van der Waals surface area contributed by atoms with Crippen LogP contribution in [-0.4, -0.2) is 12.5 Å². The molecule has 0 aliphatic carbocycles. The highest BCUT2D eigenvalue weighted by molar-refractivity contribution is 5.73. The van der Waals surface area contributed by atoms with E-state index in [1.165, 1.54) is 0 Å². The molecule has 0 radical (unpaired) electrons. The number of ether oxygens (including phenoxy) is 1. The topological polar surface area (TPSA) is 52.3 Å². The van der Waals surface area contributed by atoms with E-state index in [4.69, 9.17) is 10.5 Å². The van der Waals surface area contributed by atoms with Crippen LogP contribution in [0.4, 0.5) is 0 Å². The molecule has 0 bridgehead atoms. The van der Waals surface area contributed by atoms with Crippen molar-refractivity contribution in [2.24, 2.45) is 17.6 Å². The van der Waals surface area contributed by atoms with Crippen LogP contribution in [0.2, 0.25) is 0 Å². The summed E-state index contributed by atoms with van der Waals surface area (Å²) in [6.45, 7) is 6.16. The molecular formula is C14H21NO2. The fourth-order valence-electron chi connectivity index (χ4n) is 1.69. The molecule has 0 aliphatic heterocycles. The molecule has 1 aromatic carbocycles. The maximum Gasteiger partial charge on any atom is 0.311 e. The number of esters is 1. The zero-order chi connectivity index (χ0) is 12.8. The molecule has 94 valence electrons. The van der Waals surface area contributed by atoms with Gasteiger partial charge in [-0.05, 0) is 18.4 Å². The standard InChI is InChI=1S/C14H21NO2/c1-10(2)13(9-15)14(16)17-11(3)12-7-5-4-6-8-12/h4-8,10-11,13H,9,15H2,1-3H3. The first kappa shape index (κ1) is 13.7.